The first-order valence-corrected chi connectivity index (χ1v) is 11.1. The maximum Gasteiger partial charge on any atom is 0.231 e. The van der Waals surface area contributed by atoms with Gasteiger partial charge >= 0.3 is 0 Å². The molecule has 5 nitrogen and oxygen atoms in total. The van der Waals surface area contributed by atoms with E-state index in [9.17, 15) is 0 Å². The third-order valence-corrected chi connectivity index (χ3v) is 5.69. The number of rotatable bonds is 9. The van der Waals surface area contributed by atoms with Gasteiger partial charge in [0.1, 0.15) is 6.61 Å². The Morgan fingerprint density at radius 3 is 2.58 bits per heavy atom. The maximum absolute atomic E-state index is 6.14. The Balaban J connectivity index is 1.42. The molecule has 162 valence electrons. The molecule has 31 heavy (non-hydrogen) atoms. The Labute approximate surface area is 191 Å². The molecule has 0 radical (unpaired) electrons. The van der Waals surface area contributed by atoms with Gasteiger partial charge < -0.3 is 24.3 Å². The Kier molecular flexibility index (Phi) is 6.99. The molecule has 0 spiro atoms. The van der Waals surface area contributed by atoms with Gasteiger partial charge in [0, 0.05) is 13.1 Å². The summed E-state index contributed by atoms with van der Waals surface area (Å²) in [6.45, 7) is 6.84. The number of hydrogen-bond donors (Lipinski definition) is 1. The lowest BCUT2D eigenvalue weighted by atomic mass is 10.1. The molecule has 3 aromatic rings. The van der Waals surface area contributed by atoms with E-state index in [-0.39, 0.29) is 0 Å². The van der Waals surface area contributed by atoms with E-state index >= 15 is 0 Å². The van der Waals surface area contributed by atoms with Crippen LogP contribution in [0.15, 0.2) is 59.1 Å². The van der Waals surface area contributed by atoms with Gasteiger partial charge in [-0.15, -0.1) is 0 Å². The van der Waals surface area contributed by atoms with Gasteiger partial charge in [-0.25, -0.2) is 0 Å². The van der Waals surface area contributed by atoms with E-state index in [1.165, 1.54) is 5.56 Å². The maximum atomic E-state index is 6.14. The summed E-state index contributed by atoms with van der Waals surface area (Å²) < 4.78 is 23.7. The van der Waals surface area contributed by atoms with Crippen LogP contribution in [-0.4, -0.2) is 13.4 Å². The van der Waals surface area contributed by atoms with E-state index in [1.54, 1.807) is 0 Å². The first kappa shape index (κ1) is 21.5. The molecule has 1 aliphatic rings. The summed E-state index contributed by atoms with van der Waals surface area (Å²) in [5, 5.41) is 3.48. The standard InChI is InChI=1S/C25H26BrNO4/c1-3-28-24-12-19(14-27-13-18-8-9-22-23(11-18)31-16-30-22)10-21(26)25(24)29-15-20-7-5-4-6-17(20)2/h4-12,27H,3,13-16H2,1-2H3. The molecular weight excluding hydrogens is 458 g/mol. The normalized spacial score (nSPS) is 12.1. The van der Waals surface area contributed by atoms with Crippen molar-refractivity contribution in [3.63, 3.8) is 0 Å². The predicted molar refractivity (Wildman–Crippen MR) is 124 cm³/mol. The van der Waals surface area contributed by atoms with E-state index in [2.05, 4.69) is 46.4 Å². The van der Waals surface area contributed by atoms with Gasteiger partial charge in [-0.3, -0.25) is 0 Å². The van der Waals surface area contributed by atoms with Crippen molar-refractivity contribution in [3.8, 4) is 23.0 Å². The van der Waals surface area contributed by atoms with Gasteiger partial charge in [0.05, 0.1) is 11.1 Å². The number of hydrogen-bond acceptors (Lipinski definition) is 5. The number of halogens is 1. The van der Waals surface area contributed by atoms with Crippen molar-refractivity contribution in [1.82, 2.24) is 5.32 Å². The summed E-state index contributed by atoms with van der Waals surface area (Å²) >= 11 is 3.67. The van der Waals surface area contributed by atoms with Crippen LogP contribution in [0.2, 0.25) is 0 Å². The fourth-order valence-corrected chi connectivity index (χ4v) is 4.05. The minimum atomic E-state index is 0.290. The topological polar surface area (TPSA) is 49.0 Å². The van der Waals surface area contributed by atoms with Gasteiger partial charge in [-0.05, 0) is 76.3 Å². The molecule has 0 amide bonds. The summed E-state index contributed by atoms with van der Waals surface area (Å²) in [7, 11) is 0. The fraction of sp³-hybridized carbons (Fsp3) is 0.280. The zero-order valence-corrected chi connectivity index (χ0v) is 19.3. The van der Waals surface area contributed by atoms with Gasteiger partial charge in [-0.2, -0.15) is 0 Å². The van der Waals surface area contributed by atoms with Gasteiger partial charge in [0.25, 0.3) is 0 Å². The van der Waals surface area contributed by atoms with Crippen LogP contribution in [0, 0.1) is 6.92 Å². The van der Waals surface area contributed by atoms with E-state index < -0.39 is 0 Å². The van der Waals surface area contributed by atoms with Gasteiger partial charge in [0.2, 0.25) is 6.79 Å². The first-order valence-electron chi connectivity index (χ1n) is 10.4. The number of benzene rings is 3. The van der Waals surface area contributed by atoms with Crippen LogP contribution in [0.3, 0.4) is 0 Å². The van der Waals surface area contributed by atoms with Crippen LogP contribution in [0.5, 0.6) is 23.0 Å². The monoisotopic (exact) mass is 483 g/mol. The third-order valence-electron chi connectivity index (χ3n) is 5.10. The zero-order chi connectivity index (χ0) is 21.6. The fourth-order valence-electron chi connectivity index (χ4n) is 3.45. The molecule has 0 aromatic heterocycles. The smallest absolute Gasteiger partial charge is 0.231 e. The Bertz CT molecular complexity index is 1050. The summed E-state index contributed by atoms with van der Waals surface area (Å²) in [5.41, 5.74) is 4.62. The molecule has 0 bridgehead atoms. The van der Waals surface area contributed by atoms with Crippen LogP contribution in [0.1, 0.15) is 29.2 Å². The molecule has 0 atom stereocenters. The highest BCUT2D eigenvalue weighted by Crippen LogP contribution is 2.38. The van der Waals surface area contributed by atoms with Crippen LogP contribution in [-0.2, 0) is 19.7 Å². The SMILES string of the molecule is CCOc1cc(CNCc2ccc3c(c2)OCO3)cc(Br)c1OCc1ccccc1C. The highest BCUT2D eigenvalue weighted by molar-refractivity contribution is 9.10. The van der Waals surface area contributed by atoms with Crippen molar-refractivity contribution in [1.29, 1.82) is 0 Å². The third kappa shape index (κ3) is 5.32. The van der Waals surface area contributed by atoms with E-state index in [0.717, 1.165) is 50.7 Å². The lowest BCUT2D eigenvalue weighted by molar-refractivity contribution is 0.174. The number of nitrogens with one attached hydrogen (secondary N) is 1. The summed E-state index contributed by atoms with van der Waals surface area (Å²) in [6, 6.07) is 18.3. The highest BCUT2D eigenvalue weighted by Gasteiger charge is 2.15. The lowest BCUT2D eigenvalue weighted by Gasteiger charge is -2.16. The molecule has 0 saturated carbocycles. The Morgan fingerprint density at radius 1 is 0.935 bits per heavy atom. The largest absolute Gasteiger partial charge is 0.490 e. The number of aryl methyl sites for hydroxylation is 1. The van der Waals surface area contributed by atoms with Crippen molar-refractivity contribution >= 4 is 15.9 Å². The van der Waals surface area contributed by atoms with Crippen molar-refractivity contribution in [2.45, 2.75) is 33.5 Å². The van der Waals surface area contributed by atoms with Crippen molar-refractivity contribution in [2.24, 2.45) is 0 Å². The lowest BCUT2D eigenvalue weighted by Crippen LogP contribution is -2.13. The number of ether oxygens (including phenoxy) is 4. The molecule has 1 heterocycles. The van der Waals surface area contributed by atoms with Crippen LogP contribution in [0.4, 0.5) is 0 Å². The minimum absolute atomic E-state index is 0.290. The molecule has 0 aliphatic carbocycles. The summed E-state index contributed by atoms with van der Waals surface area (Å²) in [4.78, 5) is 0. The van der Waals surface area contributed by atoms with E-state index in [0.29, 0.717) is 26.6 Å². The van der Waals surface area contributed by atoms with Crippen molar-refractivity contribution in [2.75, 3.05) is 13.4 Å². The average Bonchev–Trinajstić information content (AvgIpc) is 3.22. The van der Waals surface area contributed by atoms with Crippen LogP contribution >= 0.6 is 15.9 Å². The molecule has 3 aromatic carbocycles. The molecular formula is C25H26BrNO4. The molecule has 1 aliphatic heterocycles. The molecule has 4 rings (SSSR count). The van der Waals surface area contributed by atoms with Crippen molar-refractivity contribution in [3.05, 3.63) is 81.3 Å². The van der Waals surface area contributed by atoms with Gasteiger partial charge in [0.15, 0.2) is 23.0 Å². The molecule has 0 unspecified atom stereocenters. The van der Waals surface area contributed by atoms with Gasteiger partial charge in [-0.1, -0.05) is 30.3 Å². The molecule has 0 fully saturated rings. The second-order valence-electron chi connectivity index (χ2n) is 7.34. The molecule has 1 N–H and O–H groups in total. The summed E-state index contributed by atoms with van der Waals surface area (Å²) in [5.74, 6) is 3.07. The first-order chi connectivity index (χ1) is 15.1. The Hall–Kier alpha value is -2.70. The van der Waals surface area contributed by atoms with E-state index in [4.69, 9.17) is 18.9 Å². The predicted octanol–water partition coefficient (Wildman–Crippen LogP) is 5.75. The van der Waals surface area contributed by atoms with Crippen LogP contribution < -0.4 is 24.3 Å². The molecule has 6 heteroatoms. The van der Waals surface area contributed by atoms with Crippen LogP contribution in [0.25, 0.3) is 0 Å². The second kappa shape index (κ2) is 10.1. The van der Waals surface area contributed by atoms with Crippen molar-refractivity contribution < 1.29 is 18.9 Å². The quantitative estimate of drug-likeness (QED) is 0.419. The second-order valence-corrected chi connectivity index (χ2v) is 8.20. The molecule has 0 saturated heterocycles. The zero-order valence-electron chi connectivity index (χ0n) is 17.7. The minimum Gasteiger partial charge on any atom is -0.490 e. The summed E-state index contributed by atoms with van der Waals surface area (Å²) in [6.07, 6.45) is 0. The van der Waals surface area contributed by atoms with E-state index in [1.807, 2.05) is 43.3 Å². The average molecular weight is 484 g/mol. The highest BCUT2D eigenvalue weighted by atomic mass is 79.9. The number of fused-ring (bicyclic) bond motifs is 1. The Morgan fingerprint density at radius 2 is 1.74 bits per heavy atom.